The normalized spacial score (nSPS) is 10.7. The minimum absolute atomic E-state index is 0.0924. The lowest BCUT2D eigenvalue weighted by Crippen LogP contribution is -2.15. The second-order valence-electron chi connectivity index (χ2n) is 3.54. The van der Waals surface area contributed by atoms with Crippen LogP contribution in [0.15, 0.2) is 27.4 Å². The van der Waals surface area contributed by atoms with E-state index in [4.69, 9.17) is 16.0 Å². The summed E-state index contributed by atoms with van der Waals surface area (Å²) in [5.74, 6) is 0.00576. The predicted molar refractivity (Wildman–Crippen MR) is 62.2 cm³/mol. The van der Waals surface area contributed by atoms with E-state index in [1.165, 1.54) is 6.92 Å². The van der Waals surface area contributed by atoms with Crippen molar-refractivity contribution in [2.24, 2.45) is 0 Å². The Morgan fingerprint density at radius 2 is 2.06 bits per heavy atom. The maximum Gasteiger partial charge on any atom is 0.203 e. The second-order valence-corrected chi connectivity index (χ2v) is 3.94. The smallest absolute Gasteiger partial charge is 0.203 e. The summed E-state index contributed by atoms with van der Waals surface area (Å²) in [4.78, 5) is 23.3. The van der Waals surface area contributed by atoms with Gasteiger partial charge >= 0.3 is 0 Å². The molecule has 0 saturated heterocycles. The highest BCUT2D eigenvalue weighted by Gasteiger charge is 2.16. The maximum atomic E-state index is 12.0. The van der Waals surface area contributed by atoms with Gasteiger partial charge in [0.1, 0.15) is 11.3 Å². The Labute approximate surface area is 96.6 Å². The highest BCUT2D eigenvalue weighted by atomic mass is 35.5. The molecule has 0 aliphatic rings. The summed E-state index contributed by atoms with van der Waals surface area (Å²) in [6, 6.07) is 4.89. The van der Waals surface area contributed by atoms with E-state index in [1.807, 2.05) is 0 Å². The number of ketones is 1. The third kappa shape index (κ3) is 1.53. The van der Waals surface area contributed by atoms with Crippen LogP contribution in [-0.2, 0) is 0 Å². The third-order valence-corrected chi connectivity index (χ3v) is 2.70. The Kier molecular flexibility index (Phi) is 2.56. The Morgan fingerprint density at radius 3 is 2.69 bits per heavy atom. The lowest BCUT2D eigenvalue weighted by atomic mass is 10.1. The zero-order valence-corrected chi connectivity index (χ0v) is 9.59. The first kappa shape index (κ1) is 10.9. The average Bonchev–Trinajstić information content (AvgIpc) is 2.19. The molecule has 2 aromatic rings. The number of fused-ring (bicyclic) bond motifs is 1. The zero-order valence-electron chi connectivity index (χ0n) is 8.83. The van der Waals surface area contributed by atoms with E-state index in [2.05, 4.69) is 0 Å². The molecular weight excluding hydrogens is 228 g/mol. The zero-order chi connectivity index (χ0) is 11.9. The van der Waals surface area contributed by atoms with Crippen LogP contribution in [0.25, 0.3) is 11.0 Å². The standard InChI is InChI=1S/C12H9ClO3/c1-6(14)10-7(2)16-12-8(11(10)15)4-3-5-9(12)13/h3-5H,1-2H3. The summed E-state index contributed by atoms with van der Waals surface area (Å²) in [5, 5.41) is 0.705. The fraction of sp³-hybridized carbons (Fsp3) is 0.167. The van der Waals surface area contributed by atoms with Crippen LogP contribution in [0.1, 0.15) is 23.0 Å². The van der Waals surface area contributed by atoms with E-state index in [0.29, 0.717) is 21.8 Å². The van der Waals surface area contributed by atoms with Gasteiger partial charge in [0, 0.05) is 0 Å². The van der Waals surface area contributed by atoms with Crippen LogP contribution >= 0.6 is 11.6 Å². The molecule has 82 valence electrons. The molecule has 0 unspecified atom stereocenters. The lowest BCUT2D eigenvalue weighted by Gasteiger charge is -2.04. The number of Topliss-reactive ketones (excluding diaryl/α,β-unsaturated/α-hetero) is 1. The van der Waals surface area contributed by atoms with Gasteiger partial charge in [0.05, 0.1) is 10.4 Å². The maximum absolute atomic E-state index is 12.0. The molecule has 2 rings (SSSR count). The van der Waals surface area contributed by atoms with Crippen LogP contribution < -0.4 is 5.43 Å². The molecule has 0 spiro atoms. The Bertz CT molecular complexity index is 640. The van der Waals surface area contributed by atoms with Crippen LogP contribution in [0.5, 0.6) is 0 Å². The van der Waals surface area contributed by atoms with Gasteiger partial charge in [-0.1, -0.05) is 17.7 Å². The highest BCUT2D eigenvalue weighted by molar-refractivity contribution is 6.34. The quantitative estimate of drug-likeness (QED) is 0.715. The molecule has 0 N–H and O–H groups in total. The van der Waals surface area contributed by atoms with Gasteiger partial charge in [0.25, 0.3) is 0 Å². The van der Waals surface area contributed by atoms with E-state index in [9.17, 15) is 9.59 Å². The van der Waals surface area contributed by atoms with Gasteiger partial charge < -0.3 is 4.42 Å². The number of hydrogen-bond acceptors (Lipinski definition) is 3. The molecule has 0 bridgehead atoms. The number of rotatable bonds is 1. The first-order valence-corrected chi connectivity index (χ1v) is 5.13. The molecule has 1 heterocycles. The molecule has 1 aromatic carbocycles. The van der Waals surface area contributed by atoms with E-state index in [-0.39, 0.29) is 16.8 Å². The minimum atomic E-state index is -0.325. The van der Waals surface area contributed by atoms with Gasteiger partial charge in [0.15, 0.2) is 11.4 Å². The van der Waals surface area contributed by atoms with Crippen molar-refractivity contribution in [3.05, 3.63) is 44.8 Å². The van der Waals surface area contributed by atoms with E-state index < -0.39 is 0 Å². The van der Waals surface area contributed by atoms with Gasteiger partial charge in [-0.3, -0.25) is 9.59 Å². The van der Waals surface area contributed by atoms with Crippen molar-refractivity contribution in [1.29, 1.82) is 0 Å². The highest BCUT2D eigenvalue weighted by Crippen LogP contribution is 2.23. The fourth-order valence-corrected chi connectivity index (χ4v) is 1.91. The Balaban J connectivity index is 3.01. The van der Waals surface area contributed by atoms with Crippen molar-refractivity contribution in [3.8, 4) is 0 Å². The number of halogens is 1. The monoisotopic (exact) mass is 236 g/mol. The first-order chi connectivity index (χ1) is 7.52. The second kappa shape index (κ2) is 3.76. The van der Waals surface area contributed by atoms with Crippen molar-refractivity contribution in [1.82, 2.24) is 0 Å². The molecule has 0 saturated carbocycles. The van der Waals surface area contributed by atoms with Gasteiger partial charge in [-0.2, -0.15) is 0 Å². The van der Waals surface area contributed by atoms with Crippen LogP contribution in [0.2, 0.25) is 5.02 Å². The number of para-hydroxylation sites is 1. The van der Waals surface area contributed by atoms with Crippen molar-refractivity contribution >= 4 is 28.4 Å². The summed E-state index contributed by atoms with van der Waals surface area (Å²) in [7, 11) is 0. The Morgan fingerprint density at radius 1 is 1.38 bits per heavy atom. The summed E-state index contributed by atoms with van der Waals surface area (Å²) in [6.45, 7) is 2.93. The molecule has 3 nitrogen and oxygen atoms in total. The molecule has 1 aromatic heterocycles. The number of hydrogen-bond donors (Lipinski definition) is 0. The summed E-state index contributed by atoms with van der Waals surface area (Å²) in [6.07, 6.45) is 0. The molecule has 0 radical (unpaired) electrons. The lowest BCUT2D eigenvalue weighted by molar-refractivity contribution is 0.101. The largest absolute Gasteiger partial charge is 0.459 e. The number of aryl methyl sites for hydroxylation is 1. The third-order valence-electron chi connectivity index (χ3n) is 2.40. The first-order valence-electron chi connectivity index (χ1n) is 4.75. The topological polar surface area (TPSA) is 47.3 Å². The van der Waals surface area contributed by atoms with Gasteiger partial charge in [0.2, 0.25) is 5.43 Å². The minimum Gasteiger partial charge on any atom is -0.459 e. The van der Waals surface area contributed by atoms with Crippen molar-refractivity contribution in [2.45, 2.75) is 13.8 Å². The van der Waals surface area contributed by atoms with Crippen LogP contribution in [0.4, 0.5) is 0 Å². The van der Waals surface area contributed by atoms with E-state index in [1.54, 1.807) is 25.1 Å². The molecule has 4 heteroatoms. The number of carbonyl (C=O) groups is 1. The summed E-state index contributed by atoms with van der Waals surface area (Å²) >= 11 is 5.92. The Hall–Kier alpha value is -1.61. The van der Waals surface area contributed by atoms with E-state index in [0.717, 1.165) is 0 Å². The van der Waals surface area contributed by atoms with Crippen LogP contribution in [0, 0.1) is 6.92 Å². The van der Waals surface area contributed by atoms with Gasteiger partial charge in [-0.05, 0) is 26.0 Å². The fourth-order valence-electron chi connectivity index (χ4n) is 1.70. The molecule has 0 aliphatic heterocycles. The molecular formula is C12H9ClO3. The predicted octanol–water partition coefficient (Wildman–Crippen LogP) is 2.96. The molecule has 0 amide bonds. The summed E-state index contributed by atoms with van der Waals surface area (Å²) in [5.41, 5.74) is 0.0974. The van der Waals surface area contributed by atoms with Crippen molar-refractivity contribution < 1.29 is 9.21 Å². The molecule has 0 fully saturated rings. The van der Waals surface area contributed by atoms with Gasteiger partial charge in [-0.15, -0.1) is 0 Å². The number of carbonyl (C=O) groups excluding carboxylic acids is 1. The molecule has 16 heavy (non-hydrogen) atoms. The van der Waals surface area contributed by atoms with Crippen LogP contribution in [0.3, 0.4) is 0 Å². The van der Waals surface area contributed by atoms with Crippen LogP contribution in [-0.4, -0.2) is 5.78 Å². The van der Waals surface area contributed by atoms with Crippen molar-refractivity contribution in [2.75, 3.05) is 0 Å². The molecule has 0 atom stereocenters. The number of benzene rings is 1. The summed E-state index contributed by atoms with van der Waals surface area (Å²) < 4.78 is 5.41. The van der Waals surface area contributed by atoms with Gasteiger partial charge in [-0.25, -0.2) is 0 Å². The average molecular weight is 237 g/mol. The SMILES string of the molecule is CC(=O)c1c(C)oc2c(Cl)cccc2c1=O. The van der Waals surface area contributed by atoms with E-state index >= 15 is 0 Å². The molecule has 0 aliphatic carbocycles. The van der Waals surface area contributed by atoms with Crippen molar-refractivity contribution in [3.63, 3.8) is 0 Å².